The molecule has 0 radical (unpaired) electrons. The molecule has 0 aromatic carbocycles. The third kappa shape index (κ3) is 0.750. The fourth-order valence-corrected chi connectivity index (χ4v) is 2.81. The Morgan fingerprint density at radius 3 is 2.55 bits per heavy atom. The molecular weight excluding hydrogens is 136 g/mol. The van der Waals surface area contributed by atoms with Crippen molar-refractivity contribution >= 4 is 0 Å². The van der Waals surface area contributed by atoms with Gasteiger partial charge in [0.2, 0.25) is 0 Å². The number of aliphatic hydroxyl groups is 1. The highest BCUT2D eigenvalue weighted by atomic mass is 16.3. The van der Waals surface area contributed by atoms with Gasteiger partial charge in [-0.1, -0.05) is 25.5 Å². The van der Waals surface area contributed by atoms with Crippen LogP contribution in [0.1, 0.15) is 27.2 Å². The van der Waals surface area contributed by atoms with Crippen LogP contribution in [0.2, 0.25) is 0 Å². The highest BCUT2D eigenvalue weighted by Gasteiger charge is 2.53. The molecule has 0 unspecified atom stereocenters. The number of aliphatic hydroxyl groups excluding tert-OH is 1. The van der Waals surface area contributed by atoms with Gasteiger partial charge in [0.05, 0.1) is 6.10 Å². The number of hydrogen-bond donors (Lipinski definition) is 1. The van der Waals surface area contributed by atoms with Crippen LogP contribution < -0.4 is 0 Å². The minimum atomic E-state index is -0.171. The molecule has 0 aliphatic heterocycles. The molecule has 1 N–H and O–H groups in total. The highest BCUT2D eigenvalue weighted by Crippen LogP contribution is 2.58. The normalized spacial score (nSPS) is 46.2. The molecule has 0 amide bonds. The molecule has 3 aliphatic carbocycles. The van der Waals surface area contributed by atoms with Crippen molar-refractivity contribution in [2.24, 2.45) is 17.3 Å². The van der Waals surface area contributed by atoms with Gasteiger partial charge in [0.15, 0.2) is 0 Å². The Labute approximate surface area is 68.1 Å². The first kappa shape index (κ1) is 7.35. The summed E-state index contributed by atoms with van der Waals surface area (Å²) in [4.78, 5) is 0. The summed E-state index contributed by atoms with van der Waals surface area (Å²) < 4.78 is 0. The molecule has 3 atom stereocenters. The maximum atomic E-state index is 9.65. The maximum Gasteiger partial charge on any atom is 0.0757 e. The Hall–Kier alpha value is -0.300. The van der Waals surface area contributed by atoms with Crippen molar-refractivity contribution in [3.05, 3.63) is 11.6 Å². The smallest absolute Gasteiger partial charge is 0.0757 e. The van der Waals surface area contributed by atoms with E-state index in [0.29, 0.717) is 11.3 Å². The minimum Gasteiger partial charge on any atom is -0.389 e. The van der Waals surface area contributed by atoms with Gasteiger partial charge < -0.3 is 5.11 Å². The van der Waals surface area contributed by atoms with Crippen LogP contribution in [0.4, 0.5) is 0 Å². The van der Waals surface area contributed by atoms with Crippen LogP contribution >= 0.6 is 0 Å². The van der Waals surface area contributed by atoms with E-state index in [1.165, 1.54) is 12.0 Å². The standard InChI is InChI=1S/C10H16O/c1-6-4-9(11)8-5-7(6)10(8,2)3/h4,7-9,11H,5H2,1-3H3/t7-,8+,9+/m0/s1. The second-order valence-electron chi connectivity index (χ2n) is 4.62. The second-order valence-corrected chi connectivity index (χ2v) is 4.62. The van der Waals surface area contributed by atoms with Crippen LogP contribution in [0.3, 0.4) is 0 Å². The zero-order chi connectivity index (χ0) is 8.22. The monoisotopic (exact) mass is 152 g/mol. The van der Waals surface area contributed by atoms with Gasteiger partial charge in [-0.25, -0.2) is 0 Å². The lowest BCUT2D eigenvalue weighted by molar-refractivity contribution is -0.0760. The summed E-state index contributed by atoms with van der Waals surface area (Å²) in [6.45, 7) is 6.68. The number of hydrogen-bond acceptors (Lipinski definition) is 1. The Morgan fingerprint density at radius 2 is 2.18 bits per heavy atom. The molecule has 1 heteroatoms. The van der Waals surface area contributed by atoms with Gasteiger partial charge in [0.25, 0.3) is 0 Å². The van der Waals surface area contributed by atoms with Crippen LogP contribution in [0.15, 0.2) is 11.6 Å². The fourth-order valence-electron chi connectivity index (χ4n) is 2.81. The molecule has 62 valence electrons. The number of rotatable bonds is 0. The van der Waals surface area contributed by atoms with Gasteiger partial charge in [0.1, 0.15) is 0 Å². The summed E-state index contributed by atoms with van der Waals surface area (Å²) >= 11 is 0. The zero-order valence-electron chi connectivity index (χ0n) is 7.46. The first-order valence-electron chi connectivity index (χ1n) is 4.40. The first-order chi connectivity index (χ1) is 5.03. The van der Waals surface area contributed by atoms with Crippen LogP contribution in [0.5, 0.6) is 0 Å². The lowest BCUT2D eigenvalue weighted by Crippen LogP contribution is -2.53. The van der Waals surface area contributed by atoms with E-state index in [4.69, 9.17) is 0 Å². The van der Waals surface area contributed by atoms with E-state index in [1.807, 2.05) is 6.08 Å². The summed E-state index contributed by atoms with van der Waals surface area (Å²) in [7, 11) is 0. The van der Waals surface area contributed by atoms with E-state index in [2.05, 4.69) is 20.8 Å². The van der Waals surface area contributed by atoms with E-state index >= 15 is 0 Å². The van der Waals surface area contributed by atoms with E-state index < -0.39 is 0 Å². The maximum absolute atomic E-state index is 9.65. The van der Waals surface area contributed by atoms with Crippen LogP contribution in [0, 0.1) is 17.3 Å². The van der Waals surface area contributed by atoms with Gasteiger partial charge >= 0.3 is 0 Å². The van der Waals surface area contributed by atoms with Crippen LogP contribution in [0.25, 0.3) is 0 Å². The predicted octanol–water partition coefficient (Wildman–Crippen LogP) is 1.97. The highest BCUT2D eigenvalue weighted by molar-refractivity contribution is 5.24. The van der Waals surface area contributed by atoms with E-state index in [1.54, 1.807) is 0 Å². The first-order valence-corrected chi connectivity index (χ1v) is 4.40. The molecule has 0 spiro atoms. The molecule has 0 aromatic rings. The Kier molecular flexibility index (Phi) is 1.26. The molecule has 1 nitrogen and oxygen atoms in total. The third-order valence-corrected chi connectivity index (χ3v) is 3.74. The number of fused-ring (bicyclic) bond motifs is 1. The summed E-state index contributed by atoms with van der Waals surface area (Å²) in [5.74, 6) is 1.27. The van der Waals surface area contributed by atoms with Gasteiger partial charge in [0, 0.05) is 0 Å². The van der Waals surface area contributed by atoms with Crippen LogP contribution in [-0.4, -0.2) is 11.2 Å². The van der Waals surface area contributed by atoms with E-state index in [9.17, 15) is 5.11 Å². The molecule has 3 rings (SSSR count). The fraction of sp³-hybridized carbons (Fsp3) is 0.800. The van der Waals surface area contributed by atoms with Crippen molar-refractivity contribution in [3.63, 3.8) is 0 Å². The minimum absolute atomic E-state index is 0.171. The van der Waals surface area contributed by atoms with E-state index in [0.717, 1.165) is 5.92 Å². The average molecular weight is 152 g/mol. The van der Waals surface area contributed by atoms with Crippen molar-refractivity contribution in [3.8, 4) is 0 Å². The predicted molar refractivity (Wildman–Crippen MR) is 45.1 cm³/mol. The lowest BCUT2D eigenvalue weighted by Gasteiger charge is -2.57. The molecule has 1 fully saturated rings. The lowest BCUT2D eigenvalue weighted by atomic mass is 9.48. The molecule has 0 heterocycles. The molecule has 0 saturated heterocycles. The van der Waals surface area contributed by atoms with Gasteiger partial charge in [-0.15, -0.1) is 0 Å². The van der Waals surface area contributed by atoms with Gasteiger partial charge in [-0.05, 0) is 30.6 Å². The summed E-state index contributed by atoms with van der Waals surface area (Å²) in [6, 6.07) is 0. The van der Waals surface area contributed by atoms with Crippen LogP contribution in [-0.2, 0) is 0 Å². The average Bonchev–Trinajstić information content (AvgIpc) is 1.84. The Bertz CT molecular complexity index is 215. The SMILES string of the molecule is CC1=C[C@@H](O)[C@H]2C[C@@H]1C2(C)C. The Balaban J connectivity index is 2.34. The van der Waals surface area contributed by atoms with Crippen molar-refractivity contribution in [2.75, 3.05) is 0 Å². The topological polar surface area (TPSA) is 20.2 Å². The molecule has 0 aromatic heterocycles. The van der Waals surface area contributed by atoms with Gasteiger partial charge in [-0.3, -0.25) is 0 Å². The Morgan fingerprint density at radius 1 is 1.55 bits per heavy atom. The van der Waals surface area contributed by atoms with E-state index in [-0.39, 0.29) is 6.10 Å². The van der Waals surface area contributed by atoms with Crippen molar-refractivity contribution in [1.29, 1.82) is 0 Å². The molecule has 1 saturated carbocycles. The largest absolute Gasteiger partial charge is 0.389 e. The quantitative estimate of drug-likeness (QED) is 0.526. The molecule has 2 bridgehead atoms. The second kappa shape index (κ2) is 1.89. The summed E-state index contributed by atoms with van der Waals surface area (Å²) in [6.07, 6.45) is 3.07. The summed E-state index contributed by atoms with van der Waals surface area (Å²) in [5.41, 5.74) is 1.75. The zero-order valence-corrected chi connectivity index (χ0v) is 7.46. The molecule has 11 heavy (non-hydrogen) atoms. The van der Waals surface area contributed by atoms with Crippen molar-refractivity contribution in [1.82, 2.24) is 0 Å². The third-order valence-electron chi connectivity index (χ3n) is 3.74. The van der Waals surface area contributed by atoms with Gasteiger partial charge in [-0.2, -0.15) is 0 Å². The van der Waals surface area contributed by atoms with Crippen molar-refractivity contribution in [2.45, 2.75) is 33.3 Å². The molecule has 3 aliphatic rings. The molecular formula is C10H16O. The van der Waals surface area contributed by atoms with Crippen molar-refractivity contribution < 1.29 is 5.11 Å². The summed E-state index contributed by atoms with van der Waals surface area (Å²) in [5, 5.41) is 9.65. The number of allylic oxidation sites excluding steroid dienone is 1.